The Hall–Kier alpha value is -2.86. The summed E-state index contributed by atoms with van der Waals surface area (Å²) < 4.78 is 5.83. The van der Waals surface area contributed by atoms with Gasteiger partial charge in [0.1, 0.15) is 0 Å². The van der Waals surface area contributed by atoms with E-state index in [1.54, 1.807) is 11.0 Å². The Morgan fingerprint density at radius 2 is 2.00 bits per heavy atom. The van der Waals surface area contributed by atoms with Crippen LogP contribution >= 0.6 is 0 Å². The molecule has 1 fully saturated rings. The predicted molar refractivity (Wildman–Crippen MR) is 111 cm³/mol. The molecule has 3 heterocycles. The lowest BCUT2D eigenvalue weighted by molar-refractivity contribution is -0.125. The van der Waals surface area contributed by atoms with Crippen molar-refractivity contribution in [2.24, 2.45) is 0 Å². The van der Waals surface area contributed by atoms with E-state index in [2.05, 4.69) is 30.5 Å². The second-order valence-electron chi connectivity index (χ2n) is 8.35. The molecule has 6 nitrogen and oxygen atoms in total. The van der Waals surface area contributed by atoms with E-state index in [9.17, 15) is 9.59 Å². The van der Waals surface area contributed by atoms with Crippen LogP contribution in [0.15, 0.2) is 42.5 Å². The monoisotopic (exact) mass is 391 g/mol. The van der Waals surface area contributed by atoms with Crippen LogP contribution < -0.4 is 10.6 Å². The number of anilines is 2. The number of hydrogen-bond donors (Lipinski definition) is 2. The quantitative estimate of drug-likeness (QED) is 0.838. The van der Waals surface area contributed by atoms with E-state index in [0.29, 0.717) is 30.3 Å². The fourth-order valence-corrected chi connectivity index (χ4v) is 4.61. The molecule has 2 atom stereocenters. The van der Waals surface area contributed by atoms with Gasteiger partial charge in [-0.05, 0) is 48.6 Å². The Morgan fingerprint density at radius 1 is 1.17 bits per heavy atom. The highest BCUT2D eigenvalue weighted by molar-refractivity contribution is 6.14. The largest absolute Gasteiger partial charge is 0.376 e. The molecule has 2 N–H and O–H groups in total. The number of para-hydroxylation sites is 1. The number of carbonyl (C=O) groups is 2. The summed E-state index contributed by atoms with van der Waals surface area (Å²) in [6.45, 7) is 5.32. The number of hydrogen-bond acceptors (Lipinski definition) is 4. The highest BCUT2D eigenvalue weighted by atomic mass is 16.5. The maximum absolute atomic E-state index is 13.6. The van der Waals surface area contributed by atoms with Gasteiger partial charge in [0.15, 0.2) is 0 Å². The van der Waals surface area contributed by atoms with Crippen molar-refractivity contribution in [1.29, 1.82) is 0 Å². The third-order valence-electron chi connectivity index (χ3n) is 6.21. The zero-order chi connectivity index (χ0) is 20.2. The molecular weight excluding hydrogens is 366 g/mol. The minimum Gasteiger partial charge on any atom is -0.376 e. The van der Waals surface area contributed by atoms with E-state index in [4.69, 9.17) is 4.74 Å². The van der Waals surface area contributed by atoms with Crippen LogP contribution in [0.4, 0.5) is 11.4 Å². The third-order valence-corrected chi connectivity index (χ3v) is 6.21. The number of nitrogens with one attached hydrogen (secondary N) is 2. The summed E-state index contributed by atoms with van der Waals surface area (Å²) in [6.07, 6.45) is 1.81. The molecule has 29 heavy (non-hydrogen) atoms. The SMILES string of the molecule is CC(C)c1ccc2c(c1)[C@@]1(Nc3ccccc3C(=O)N1C[C@H]1CCCO1)C(=O)N2. The summed E-state index contributed by atoms with van der Waals surface area (Å²) in [6, 6.07) is 13.4. The fourth-order valence-electron chi connectivity index (χ4n) is 4.61. The van der Waals surface area contributed by atoms with Gasteiger partial charge in [0.25, 0.3) is 11.8 Å². The van der Waals surface area contributed by atoms with Crippen molar-refractivity contribution in [2.75, 3.05) is 23.8 Å². The van der Waals surface area contributed by atoms with Gasteiger partial charge in [0.2, 0.25) is 5.66 Å². The van der Waals surface area contributed by atoms with E-state index < -0.39 is 5.66 Å². The Bertz CT molecular complexity index is 997. The van der Waals surface area contributed by atoms with Crippen LogP contribution in [0, 0.1) is 0 Å². The molecular formula is C23H25N3O3. The van der Waals surface area contributed by atoms with Crippen molar-refractivity contribution in [1.82, 2.24) is 4.90 Å². The molecule has 1 saturated heterocycles. The molecule has 2 aromatic carbocycles. The maximum Gasteiger partial charge on any atom is 0.276 e. The number of ether oxygens (including phenoxy) is 1. The van der Waals surface area contributed by atoms with Crippen molar-refractivity contribution >= 4 is 23.2 Å². The molecule has 5 rings (SSSR count). The van der Waals surface area contributed by atoms with Gasteiger partial charge in [-0.2, -0.15) is 0 Å². The molecule has 0 radical (unpaired) electrons. The molecule has 3 aliphatic rings. The summed E-state index contributed by atoms with van der Waals surface area (Å²) in [7, 11) is 0. The van der Waals surface area contributed by atoms with E-state index in [-0.39, 0.29) is 17.9 Å². The highest BCUT2D eigenvalue weighted by Crippen LogP contribution is 2.46. The second kappa shape index (κ2) is 6.59. The number of nitrogens with zero attached hydrogens (tertiary/aromatic N) is 1. The molecule has 2 amide bonds. The van der Waals surface area contributed by atoms with Crippen molar-refractivity contribution in [3.8, 4) is 0 Å². The van der Waals surface area contributed by atoms with Gasteiger partial charge in [-0.3, -0.25) is 9.59 Å². The average Bonchev–Trinajstić information content (AvgIpc) is 3.32. The van der Waals surface area contributed by atoms with E-state index >= 15 is 0 Å². The van der Waals surface area contributed by atoms with E-state index in [1.165, 1.54) is 0 Å². The Morgan fingerprint density at radius 3 is 2.76 bits per heavy atom. The summed E-state index contributed by atoms with van der Waals surface area (Å²) in [5.74, 6) is -0.0618. The number of amides is 2. The van der Waals surface area contributed by atoms with Gasteiger partial charge in [0, 0.05) is 23.5 Å². The first-order valence-corrected chi connectivity index (χ1v) is 10.3. The van der Waals surface area contributed by atoms with Gasteiger partial charge >= 0.3 is 0 Å². The minimum absolute atomic E-state index is 0.0620. The zero-order valence-corrected chi connectivity index (χ0v) is 16.7. The molecule has 3 aliphatic heterocycles. The van der Waals surface area contributed by atoms with Crippen LogP contribution in [0.25, 0.3) is 0 Å². The Balaban J connectivity index is 1.69. The van der Waals surface area contributed by atoms with Crippen LogP contribution in [-0.4, -0.2) is 36.0 Å². The zero-order valence-electron chi connectivity index (χ0n) is 16.7. The van der Waals surface area contributed by atoms with Crippen LogP contribution in [0.5, 0.6) is 0 Å². The van der Waals surface area contributed by atoms with Crippen molar-refractivity contribution < 1.29 is 14.3 Å². The van der Waals surface area contributed by atoms with Crippen molar-refractivity contribution in [3.63, 3.8) is 0 Å². The number of carbonyl (C=O) groups excluding carboxylic acids is 2. The predicted octanol–water partition coefficient (Wildman–Crippen LogP) is 3.66. The summed E-state index contributed by atoms with van der Waals surface area (Å²) in [5.41, 5.74) is 2.67. The van der Waals surface area contributed by atoms with Gasteiger partial charge in [0.05, 0.1) is 18.2 Å². The smallest absolute Gasteiger partial charge is 0.276 e. The minimum atomic E-state index is -1.27. The van der Waals surface area contributed by atoms with Crippen LogP contribution in [0.1, 0.15) is 54.1 Å². The number of fused-ring (bicyclic) bond motifs is 3. The molecule has 2 aromatic rings. The number of rotatable bonds is 3. The fraction of sp³-hybridized carbons (Fsp3) is 0.391. The average molecular weight is 391 g/mol. The molecule has 0 aliphatic carbocycles. The summed E-state index contributed by atoms with van der Waals surface area (Å²) in [4.78, 5) is 28.7. The standard InChI is InChI=1S/C23H25N3O3/c1-14(2)15-9-10-20-18(12-15)23(22(28)24-20)25-19-8-4-3-7-17(19)21(27)26(23)13-16-6-5-11-29-16/h3-4,7-10,12,14,16,25H,5-6,11,13H2,1-2H3,(H,24,28)/t16-,23+/m1/s1. The van der Waals surface area contributed by atoms with Crippen molar-refractivity contribution in [3.05, 3.63) is 59.2 Å². The number of benzene rings is 2. The molecule has 6 heteroatoms. The van der Waals surface area contributed by atoms with E-state index in [0.717, 1.165) is 29.7 Å². The molecule has 0 saturated carbocycles. The Labute approximate surface area is 170 Å². The normalized spacial score (nSPS) is 25.2. The first-order chi connectivity index (χ1) is 14.0. The molecule has 0 unspecified atom stereocenters. The summed E-state index contributed by atoms with van der Waals surface area (Å²) in [5, 5.41) is 6.43. The summed E-state index contributed by atoms with van der Waals surface area (Å²) >= 11 is 0. The molecule has 0 bridgehead atoms. The van der Waals surface area contributed by atoms with Gasteiger partial charge in [-0.15, -0.1) is 0 Å². The molecule has 1 spiro atoms. The molecule has 150 valence electrons. The van der Waals surface area contributed by atoms with Gasteiger partial charge < -0.3 is 20.3 Å². The maximum atomic E-state index is 13.6. The first-order valence-electron chi connectivity index (χ1n) is 10.3. The highest BCUT2D eigenvalue weighted by Gasteiger charge is 2.57. The van der Waals surface area contributed by atoms with Gasteiger partial charge in [-0.1, -0.05) is 32.0 Å². The van der Waals surface area contributed by atoms with Crippen LogP contribution in [-0.2, 0) is 15.2 Å². The lowest BCUT2D eigenvalue weighted by Gasteiger charge is -2.45. The van der Waals surface area contributed by atoms with Crippen LogP contribution in [0.3, 0.4) is 0 Å². The van der Waals surface area contributed by atoms with Gasteiger partial charge in [-0.25, -0.2) is 0 Å². The first kappa shape index (κ1) is 18.2. The molecule has 0 aromatic heterocycles. The third kappa shape index (κ3) is 2.66. The topological polar surface area (TPSA) is 70.7 Å². The van der Waals surface area contributed by atoms with Crippen LogP contribution in [0.2, 0.25) is 0 Å². The van der Waals surface area contributed by atoms with Crippen molar-refractivity contribution in [2.45, 2.75) is 44.4 Å². The van der Waals surface area contributed by atoms with E-state index in [1.807, 2.05) is 30.3 Å². The lowest BCUT2D eigenvalue weighted by Crippen LogP contribution is -2.62. The Kier molecular flexibility index (Phi) is 4.13. The lowest BCUT2D eigenvalue weighted by atomic mass is 9.89. The second-order valence-corrected chi connectivity index (χ2v) is 8.35.